The van der Waals surface area contributed by atoms with E-state index < -0.39 is 0 Å². The summed E-state index contributed by atoms with van der Waals surface area (Å²) in [6, 6.07) is 0. The smallest absolute Gasteiger partial charge is 0.110 e. The van der Waals surface area contributed by atoms with Crippen molar-refractivity contribution in [3.8, 4) is 0 Å². The van der Waals surface area contributed by atoms with Gasteiger partial charge in [0.15, 0.2) is 0 Å². The molecule has 0 bridgehead atoms. The molecule has 1 aliphatic rings. The molecule has 0 aromatic heterocycles. The van der Waals surface area contributed by atoms with Crippen molar-refractivity contribution in [2.45, 2.75) is 37.9 Å². The number of hydrogen-bond donors (Lipinski definition) is 2. The minimum absolute atomic E-state index is 0.0273. The first-order valence-corrected chi connectivity index (χ1v) is 4.11. The van der Waals surface area contributed by atoms with Crippen LogP contribution in [0.25, 0.3) is 0 Å². The summed E-state index contributed by atoms with van der Waals surface area (Å²) in [6.45, 7) is 0. The van der Waals surface area contributed by atoms with Gasteiger partial charge in [-0.15, -0.1) is 0 Å². The van der Waals surface area contributed by atoms with Gasteiger partial charge in [-0.05, 0) is 12.8 Å². The summed E-state index contributed by atoms with van der Waals surface area (Å²) < 4.78 is 5.13. The summed E-state index contributed by atoms with van der Waals surface area (Å²) in [5.41, 5.74) is 0. The van der Waals surface area contributed by atoms with E-state index in [9.17, 15) is 0 Å². The van der Waals surface area contributed by atoms with E-state index in [1.165, 1.54) is 0 Å². The van der Waals surface area contributed by atoms with Gasteiger partial charge >= 0.3 is 0 Å². The van der Waals surface area contributed by atoms with E-state index in [4.69, 9.17) is 20.0 Å². The Labute approximate surface area is 71.4 Å². The second-order valence-corrected chi connectivity index (χ2v) is 2.96. The maximum atomic E-state index is 8.43. The minimum Gasteiger partial charge on any atom is -0.379 e. The van der Waals surface area contributed by atoms with E-state index in [2.05, 4.69) is 0 Å². The fraction of sp³-hybridized carbons (Fsp3) is 1.00. The molecule has 12 heavy (non-hydrogen) atoms. The molecular formula is C7H15NO4. The van der Waals surface area contributed by atoms with Crippen LogP contribution < -0.4 is 0 Å². The van der Waals surface area contributed by atoms with Gasteiger partial charge < -0.3 is 4.74 Å². The highest BCUT2D eigenvalue weighted by Gasteiger charge is 2.27. The highest BCUT2D eigenvalue weighted by molar-refractivity contribution is 4.75. The van der Waals surface area contributed by atoms with E-state index in [1.54, 1.807) is 7.11 Å². The van der Waals surface area contributed by atoms with Crippen LogP contribution in [0, 0.1) is 0 Å². The zero-order chi connectivity index (χ0) is 8.97. The van der Waals surface area contributed by atoms with E-state index in [0.717, 1.165) is 25.7 Å². The van der Waals surface area contributed by atoms with Gasteiger partial charge in [-0.1, -0.05) is 12.8 Å². The van der Waals surface area contributed by atoms with Crippen LogP contribution in [0.3, 0.4) is 0 Å². The van der Waals surface area contributed by atoms with Crippen LogP contribution in [0.2, 0.25) is 0 Å². The van der Waals surface area contributed by atoms with Crippen LogP contribution in [0.5, 0.6) is 0 Å². The van der Waals surface area contributed by atoms with Gasteiger partial charge in [0.25, 0.3) is 0 Å². The molecule has 0 amide bonds. The van der Waals surface area contributed by atoms with Crippen molar-refractivity contribution in [2.75, 3.05) is 7.11 Å². The predicted molar refractivity (Wildman–Crippen MR) is 39.5 cm³/mol. The molecule has 1 fully saturated rings. The third-order valence-electron chi connectivity index (χ3n) is 2.17. The van der Waals surface area contributed by atoms with Crippen molar-refractivity contribution >= 4 is 0 Å². The third-order valence-corrected chi connectivity index (χ3v) is 2.17. The molecule has 1 aliphatic carbocycles. The zero-order valence-electron chi connectivity index (χ0n) is 7.14. The van der Waals surface area contributed by atoms with Crippen LogP contribution in [0.4, 0.5) is 0 Å². The van der Waals surface area contributed by atoms with Crippen LogP contribution in [0.15, 0.2) is 0 Å². The summed E-state index contributed by atoms with van der Waals surface area (Å²) in [7, 11) is 1.60. The van der Waals surface area contributed by atoms with Gasteiger partial charge in [0, 0.05) is 7.11 Å². The second kappa shape index (κ2) is 4.74. The molecule has 0 spiro atoms. The van der Waals surface area contributed by atoms with Gasteiger partial charge in [0.1, 0.15) is 6.10 Å². The number of methoxy groups -OCH3 is 1. The Balaban J connectivity index is 2.36. The Morgan fingerprint density at radius 3 is 2.25 bits per heavy atom. The lowest BCUT2D eigenvalue weighted by atomic mass is 9.95. The van der Waals surface area contributed by atoms with Crippen molar-refractivity contribution in [1.82, 2.24) is 5.39 Å². The largest absolute Gasteiger partial charge is 0.379 e. The molecule has 72 valence electrons. The Bertz CT molecular complexity index is 131. The molecule has 0 aromatic carbocycles. The van der Waals surface area contributed by atoms with Crippen LogP contribution >= 0.6 is 0 Å². The van der Waals surface area contributed by atoms with Crippen molar-refractivity contribution in [2.24, 2.45) is 0 Å². The molecule has 1 saturated carbocycles. The lowest BCUT2D eigenvalue weighted by Crippen LogP contribution is -2.37. The van der Waals surface area contributed by atoms with Crippen LogP contribution in [-0.2, 0) is 9.57 Å². The number of rotatable bonds is 3. The Hall–Kier alpha value is -0.200. The monoisotopic (exact) mass is 177 g/mol. The lowest BCUT2D eigenvalue weighted by Gasteiger charge is -2.29. The molecule has 1 rings (SSSR count). The van der Waals surface area contributed by atoms with Gasteiger partial charge in [-0.25, -0.2) is 4.84 Å². The first-order chi connectivity index (χ1) is 5.74. The standard InChI is InChI=1S/C7H15NO4/c1-11-6-4-2-3-5-7(6)12-8(9)10/h6-7,9-10H,2-5H2,1H3/t6-,7-/m0/s1. The molecular weight excluding hydrogens is 162 g/mol. The second-order valence-electron chi connectivity index (χ2n) is 2.96. The Morgan fingerprint density at radius 2 is 1.75 bits per heavy atom. The van der Waals surface area contributed by atoms with Crippen LogP contribution in [-0.4, -0.2) is 35.1 Å². The van der Waals surface area contributed by atoms with Gasteiger partial charge in [-0.2, -0.15) is 0 Å². The summed E-state index contributed by atoms with van der Waals surface area (Å²) >= 11 is 0. The summed E-state index contributed by atoms with van der Waals surface area (Å²) in [5, 5.41) is 16.6. The van der Waals surface area contributed by atoms with Crippen molar-refractivity contribution < 1.29 is 20.0 Å². The van der Waals surface area contributed by atoms with E-state index in [-0.39, 0.29) is 17.6 Å². The van der Waals surface area contributed by atoms with Crippen molar-refractivity contribution in [3.63, 3.8) is 0 Å². The lowest BCUT2D eigenvalue weighted by molar-refractivity contribution is -0.510. The van der Waals surface area contributed by atoms with Crippen molar-refractivity contribution in [1.29, 1.82) is 0 Å². The highest BCUT2D eigenvalue weighted by Crippen LogP contribution is 2.23. The normalized spacial score (nSPS) is 31.0. The van der Waals surface area contributed by atoms with E-state index in [1.807, 2.05) is 0 Å². The maximum Gasteiger partial charge on any atom is 0.110 e. The minimum atomic E-state index is -0.237. The molecule has 5 nitrogen and oxygen atoms in total. The van der Waals surface area contributed by atoms with Crippen LogP contribution in [0.1, 0.15) is 25.7 Å². The molecule has 2 N–H and O–H groups in total. The Morgan fingerprint density at radius 1 is 1.17 bits per heavy atom. The molecule has 0 heterocycles. The topological polar surface area (TPSA) is 62.2 Å². The summed E-state index contributed by atoms with van der Waals surface area (Å²) in [4.78, 5) is 4.71. The molecule has 2 atom stereocenters. The number of ether oxygens (including phenoxy) is 1. The average Bonchev–Trinajstić information content (AvgIpc) is 2.04. The van der Waals surface area contributed by atoms with Gasteiger partial charge in [0.05, 0.1) is 11.5 Å². The zero-order valence-corrected chi connectivity index (χ0v) is 7.14. The molecule has 5 heteroatoms. The SMILES string of the molecule is CO[C@H]1CCCC[C@@H]1ON(O)O. The average molecular weight is 177 g/mol. The quantitative estimate of drug-likeness (QED) is 0.628. The first-order valence-electron chi connectivity index (χ1n) is 4.11. The Kier molecular flexibility index (Phi) is 3.90. The summed E-state index contributed by atoms with van der Waals surface area (Å²) in [5.74, 6) is 0. The summed E-state index contributed by atoms with van der Waals surface area (Å²) in [6.07, 6.45) is 3.60. The molecule has 0 aliphatic heterocycles. The number of hydrogen-bond acceptors (Lipinski definition) is 5. The fourth-order valence-corrected chi connectivity index (χ4v) is 1.57. The molecule has 0 radical (unpaired) electrons. The number of nitrogens with zero attached hydrogens (tertiary/aromatic N) is 1. The predicted octanol–water partition coefficient (Wildman–Crippen LogP) is 0.956. The van der Waals surface area contributed by atoms with Crippen molar-refractivity contribution in [3.05, 3.63) is 0 Å². The fourth-order valence-electron chi connectivity index (χ4n) is 1.57. The van der Waals surface area contributed by atoms with Gasteiger partial charge in [-0.3, -0.25) is 10.4 Å². The maximum absolute atomic E-state index is 8.43. The van der Waals surface area contributed by atoms with Gasteiger partial charge in [0.2, 0.25) is 0 Å². The molecule has 0 aromatic rings. The van der Waals surface area contributed by atoms with E-state index >= 15 is 0 Å². The molecule has 0 unspecified atom stereocenters. The third kappa shape index (κ3) is 2.69. The van der Waals surface area contributed by atoms with E-state index in [0.29, 0.717) is 0 Å². The molecule has 0 saturated heterocycles. The highest BCUT2D eigenvalue weighted by atomic mass is 17.1. The first kappa shape index (κ1) is 9.88.